The van der Waals surface area contributed by atoms with Crippen molar-refractivity contribution in [2.45, 2.75) is 6.04 Å². The van der Waals surface area contributed by atoms with Gasteiger partial charge >= 0.3 is 5.97 Å². The van der Waals surface area contributed by atoms with Crippen molar-refractivity contribution in [3.63, 3.8) is 0 Å². The number of ether oxygens (including phenoxy) is 1. The highest BCUT2D eigenvalue weighted by molar-refractivity contribution is 5.93. The first-order valence-electron chi connectivity index (χ1n) is 8.57. The van der Waals surface area contributed by atoms with Gasteiger partial charge in [0.25, 0.3) is 5.91 Å². The molecule has 138 valence electrons. The van der Waals surface area contributed by atoms with Crippen molar-refractivity contribution in [1.29, 1.82) is 0 Å². The Hall–Kier alpha value is -3.38. The van der Waals surface area contributed by atoms with Crippen LogP contribution in [0.2, 0.25) is 0 Å². The normalized spacial score (nSPS) is 11.6. The van der Waals surface area contributed by atoms with E-state index >= 15 is 0 Å². The van der Waals surface area contributed by atoms with Crippen molar-refractivity contribution in [3.05, 3.63) is 89.9 Å². The van der Waals surface area contributed by atoms with Gasteiger partial charge in [0.1, 0.15) is 0 Å². The summed E-state index contributed by atoms with van der Waals surface area (Å²) in [6.45, 7) is 0.221. The van der Waals surface area contributed by atoms with Gasteiger partial charge in [-0.15, -0.1) is 0 Å². The second-order valence-corrected chi connectivity index (χ2v) is 5.96. The molecule has 6 nitrogen and oxygen atoms in total. The highest BCUT2D eigenvalue weighted by Crippen LogP contribution is 2.18. The van der Waals surface area contributed by atoms with Crippen LogP contribution in [0.15, 0.2) is 77.4 Å². The summed E-state index contributed by atoms with van der Waals surface area (Å²) in [5.41, 5.74) is 2.11. The van der Waals surface area contributed by atoms with E-state index in [1.54, 1.807) is 30.5 Å². The van der Waals surface area contributed by atoms with E-state index in [4.69, 9.17) is 4.42 Å². The number of rotatable bonds is 7. The van der Waals surface area contributed by atoms with Crippen LogP contribution in [0.3, 0.4) is 0 Å². The topological polar surface area (TPSA) is 85.1 Å². The number of carbonyl (C=O) groups is 2. The number of hydrogen-bond acceptors (Lipinski definition) is 4. The van der Waals surface area contributed by atoms with Crippen LogP contribution in [0, 0.1) is 0 Å². The van der Waals surface area contributed by atoms with Crippen LogP contribution >= 0.6 is 0 Å². The molecule has 1 aromatic heterocycles. The van der Waals surface area contributed by atoms with Crippen molar-refractivity contribution < 1.29 is 24.1 Å². The molecule has 2 aromatic carbocycles. The number of nitrogens with one attached hydrogen (secondary N) is 1. The third kappa shape index (κ3) is 4.83. The van der Waals surface area contributed by atoms with E-state index < -0.39 is 5.97 Å². The first kappa shape index (κ1) is 18.4. The third-order valence-corrected chi connectivity index (χ3v) is 4.14. The van der Waals surface area contributed by atoms with E-state index in [9.17, 15) is 9.59 Å². The fraction of sp³-hybridized carbons (Fsp3) is 0.143. The van der Waals surface area contributed by atoms with Gasteiger partial charge in [-0.05, 0) is 36.4 Å². The maximum absolute atomic E-state index is 12.3. The molecule has 6 heteroatoms. The summed E-state index contributed by atoms with van der Waals surface area (Å²) < 4.78 is 10.2. The van der Waals surface area contributed by atoms with Gasteiger partial charge in [-0.1, -0.05) is 30.3 Å². The minimum Gasteiger partial charge on any atom is -0.465 e. The molecular weight excluding hydrogens is 344 g/mol. The lowest BCUT2D eigenvalue weighted by atomic mass is 10.0. The van der Waals surface area contributed by atoms with Crippen LogP contribution in [0.25, 0.3) is 0 Å². The number of carbonyl (C=O) groups excluding carboxylic acids is 2. The molecule has 0 saturated heterocycles. The number of nitrogens with two attached hydrogens (primary N) is 1. The van der Waals surface area contributed by atoms with Gasteiger partial charge in [-0.25, -0.2) is 4.79 Å². The molecular formula is C21H21N2O4+. The molecule has 1 amide bonds. The van der Waals surface area contributed by atoms with Gasteiger partial charge in [0.05, 0.1) is 18.9 Å². The van der Waals surface area contributed by atoms with E-state index in [0.717, 1.165) is 11.3 Å². The maximum atomic E-state index is 12.3. The number of methoxy groups -OCH3 is 1. The number of esters is 1. The van der Waals surface area contributed by atoms with E-state index in [0.29, 0.717) is 11.3 Å². The van der Waals surface area contributed by atoms with Crippen LogP contribution in [-0.4, -0.2) is 25.5 Å². The molecule has 0 aliphatic heterocycles. The number of anilines is 1. The molecule has 0 spiro atoms. The van der Waals surface area contributed by atoms with Crippen LogP contribution in [-0.2, 0) is 9.53 Å². The fourth-order valence-electron chi connectivity index (χ4n) is 2.79. The zero-order valence-electron chi connectivity index (χ0n) is 14.9. The zero-order valence-corrected chi connectivity index (χ0v) is 14.9. The lowest BCUT2D eigenvalue weighted by Crippen LogP contribution is -2.87. The summed E-state index contributed by atoms with van der Waals surface area (Å²) in [4.78, 5) is 23.8. The van der Waals surface area contributed by atoms with Crippen LogP contribution in [0.1, 0.15) is 27.7 Å². The quantitative estimate of drug-likeness (QED) is 0.630. The largest absolute Gasteiger partial charge is 0.465 e. The summed E-state index contributed by atoms with van der Waals surface area (Å²) in [5.74, 6) is 0.232. The average molecular weight is 365 g/mol. The lowest BCUT2D eigenvalue weighted by Gasteiger charge is -2.14. The molecule has 0 aliphatic carbocycles. The minimum absolute atomic E-state index is 0.103. The molecule has 1 heterocycles. The van der Waals surface area contributed by atoms with Crippen molar-refractivity contribution in [2.75, 3.05) is 19.0 Å². The van der Waals surface area contributed by atoms with Gasteiger partial charge in [-0.2, -0.15) is 0 Å². The molecule has 3 N–H and O–H groups in total. The molecule has 0 bridgehead atoms. The number of quaternary nitrogens is 1. The molecule has 0 radical (unpaired) electrons. The smallest absolute Gasteiger partial charge is 0.337 e. The minimum atomic E-state index is -0.412. The average Bonchev–Trinajstić information content (AvgIpc) is 3.23. The van der Waals surface area contributed by atoms with Gasteiger partial charge in [0.15, 0.2) is 18.3 Å². The summed E-state index contributed by atoms with van der Waals surface area (Å²) in [5, 5.41) is 4.75. The second-order valence-electron chi connectivity index (χ2n) is 5.96. The first-order valence-corrected chi connectivity index (χ1v) is 8.57. The molecule has 27 heavy (non-hydrogen) atoms. The van der Waals surface area contributed by atoms with Gasteiger partial charge in [0.2, 0.25) is 0 Å². The molecule has 0 unspecified atom stereocenters. The van der Waals surface area contributed by atoms with E-state index in [1.807, 2.05) is 47.8 Å². The van der Waals surface area contributed by atoms with Crippen molar-refractivity contribution in [3.8, 4) is 0 Å². The Labute approximate surface area is 157 Å². The number of furan rings is 1. The van der Waals surface area contributed by atoms with Crippen LogP contribution < -0.4 is 10.6 Å². The summed E-state index contributed by atoms with van der Waals surface area (Å²) >= 11 is 0. The zero-order chi connectivity index (χ0) is 19.1. The van der Waals surface area contributed by atoms with Gasteiger partial charge in [0, 0.05) is 11.3 Å². The van der Waals surface area contributed by atoms with Crippen molar-refractivity contribution in [2.24, 2.45) is 0 Å². The highest BCUT2D eigenvalue weighted by atomic mass is 16.5. The SMILES string of the molecule is COC(=O)c1ccc(NC(=O)C[NH2+][C@H](c2ccccc2)c2ccco2)cc1. The predicted molar refractivity (Wildman–Crippen MR) is 100 cm³/mol. The van der Waals surface area contributed by atoms with Gasteiger partial charge < -0.3 is 19.8 Å². The first-order chi connectivity index (χ1) is 13.2. The lowest BCUT2D eigenvalue weighted by molar-refractivity contribution is -0.678. The van der Waals surface area contributed by atoms with E-state index in [1.165, 1.54) is 7.11 Å². The van der Waals surface area contributed by atoms with Gasteiger partial charge in [-0.3, -0.25) is 4.79 Å². The summed E-state index contributed by atoms with van der Waals surface area (Å²) in [6.07, 6.45) is 1.63. The Morgan fingerprint density at radius 2 is 1.78 bits per heavy atom. The van der Waals surface area contributed by atoms with Crippen LogP contribution in [0.5, 0.6) is 0 Å². The molecule has 0 aliphatic rings. The number of amides is 1. The Bertz CT molecular complexity index is 874. The number of hydrogen-bond donors (Lipinski definition) is 2. The summed E-state index contributed by atoms with van der Waals surface area (Å²) in [7, 11) is 1.33. The van der Waals surface area contributed by atoms with E-state index in [-0.39, 0.29) is 18.5 Å². The Morgan fingerprint density at radius 1 is 1.04 bits per heavy atom. The fourth-order valence-corrected chi connectivity index (χ4v) is 2.79. The third-order valence-electron chi connectivity index (χ3n) is 4.14. The Kier molecular flexibility index (Phi) is 6.02. The van der Waals surface area contributed by atoms with E-state index in [2.05, 4.69) is 10.1 Å². The maximum Gasteiger partial charge on any atom is 0.337 e. The molecule has 0 fully saturated rings. The number of benzene rings is 2. The standard InChI is InChI=1S/C21H20N2O4/c1-26-21(25)16-9-11-17(12-10-16)23-19(24)14-22-20(18-8-5-13-27-18)15-6-3-2-4-7-15/h2-13,20,22H,14H2,1H3,(H,23,24)/p+1/t20-/m1/s1. The predicted octanol–water partition coefficient (Wildman–Crippen LogP) is 2.36. The van der Waals surface area contributed by atoms with Crippen LogP contribution in [0.4, 0.5) is 5.69 Å². The van der Waals surface area contributed by atoms with Crippen molar-refractivity contribution >= 4 is 17.6 Å². The molecule has 3 aromatic rings. The Balaban J connectivity index is 1.62. The molecule has 1 atom stereocenters. The van der Waals surface area contributed by atoms with Crippen molar-refractivity contribution in [1.82, 2.24) is 0 Å². The molecule has 0 saturated carbocycles. The second kappa shape index (κ2) is 8.82. The molecule has 3 rings (SSSR count). The highest BCUT2D eigenvalue weighted by Gasteiger charge is 2.21. The monoisotopic (exact) mass is 365 g/mol. The Morgan fingerprint density at radius 3 is 2.41 bits per heavy atom. The summed E-state index contributed by atoms with van der Waals surface area (Å²) in [6, 6.07) is 20.1.